The number of aromatic nitrogens is 3. The predicted molar refractivity (Wildman–Crippen MR) is 123 cm³/mol. The number of hydrogen-bond acceptors (Lipinski definition) is 5. The van der Waals surface area contributed by atoms with E-state index in [1.165, 1.54) is 16.9 Å². The van der Waals surface area contributed by atoms with E-state index in [2.05, 4.69) is 34.5 Å². The Labute approximate surface area is 185 Å². The molecule has 0 saturated carbocycles. The quantitative estimate of drug-likeness (QED) is 0.439. The molecular weight excluding hydrogens is 408 g/mol. The van der Waals surface area contributed by atoms with E-state index in [-0.39, 0.29) is 5.91 Å². The van der Waals surface area contributed by atoms with E-state index in [1.54, 1.807) is 11.0 Å². The van der Waals surface area contributed by atoms with E-state index in [0.717, 1.165) is 28.0 Å². The maximum absolute atomic E-state index is 12.6. The van der Waals surface area contributed by atoms with Crippen LogP contribution in [0.5, 0.6) is 5.75 Å². The van der Waals surface area contributed by atoms with Crippen LogP contribution in [0.15, 0.2) is 60.2 Å². The number of nitrogens with zero attached hydrogens (tertiary/aromatic N) is 3. The molecule has 0 saturated heterocycles. The Morgan fingerprint density at radius 3 is 2.61 bits per heavy atom. The first-order valence-corrected chi connectivity index (χ1v) is 10.9. The summed E-state index contributed by atoms with van der Waals surface area (Å²) in [5, 5.41) is 9.06. The van der Waals surface area contributed by atoms with Crippen LogP contribution in [0.1, 0.15) is 37.5 Å². The molecule has 0 bridgehead atoms. The third-order valence-corrected chi connectivity index (χ3v) is 5.84. The first-order chi connectivity index (χ1) is 15.0. The maximum Gasteiger partial charge on any atom is 0.268 e. The van der Waals surface area contributed by atoms with Gasteiger partial charge in [0.25, 0.3) is 5.91 Å². The number of hydrogen-bond donors (Lipinski definition) is 1. The first-order valence-electron chi connectivity index (χ1n) is 10.0. The maximum atomic E-state index is 12.6. The van der Waals surface area contributed by atoms with Crippen LogP contribution in [0, 0.1) is 20.8 Å². The van der Waals surface area contributed by atoms with Crippen molar-refractivity contribution >= 4 is 23.2 Å². The van der Waals surface area contributed by atoms with Crippen molar-refractivity contribution in [1.82, 2.24) is 14.8 Å². The Bertz CT molecular complexity index is 1190. The molecule has 2 aromatic heterocycles. The Morgan fingerprint density at radius 2 is 1.84 bits per heavy atom. The molecule has 6 nitrogen and oxygen atoms in total. The smallest absolute Gasteiger partial charge is 0.268 e. The van der Waals surface area contributed by atoms with Crippen LogP contribution >= 0.6 is 11.3 Å². The molecule has 2 heterocycles. The molecule has 2 aromatic carbocycles. The fourth-order valence-corrected chi connectivity index (χ4v) is 4.13. The zero-order valence-electron chi connectivity index (χ0n) is 17.8. The molecule has 0 spiro atoms. The van der Waals surface area contributed by atoms with Gasteiger partial charge in [-0.3, -0.25) is 10.1 Å². The molecule has 31 heavy (non-hydrogen) atoms. The topological polar surface area (TPSA) is 69.0 Å². The van der Waals surface area contributed by atoms with Gasteiger partial charge < -0.3 is 4.74 Å². The van der Waals surface area contributed by atoms with Crippen molar-refractivity contribution in [2.75, 3.05) is 5.32 Å². The van der Waals surface area contributed by atoms with Gasteiger partial charge in [-0.25, -0.2) is 9.67 Å². The lowest BCUT2D eigenvalue weighted by atomic mass is 10.1. The first kappa shape index (κ1) is 20.8. The summed E-state index contributed by atoms with van der Waals surface area (Å²) >= 11 is 1.38. The summed E-state index contributed by atoms with van der Waals surface area (Å²) in [5.74, 6) is 0.957. The van der Waals surface area contributed by atoms with Gasteiger partial charge in [-0.2, -0.15) is 0 Å². The van der Waals surface area contributed by atoms with Crippen molar-refractivity contribution in [3.8, 4) is 5.75 Å². The van der Waals surface area contributed by atoms with Gasteiger partial charge in [0.1, 0.15) is 18.7 Å². The molecule has 0 aliphatic rings. The number of para-hydroxylation sites is 1. The number of benzene rings is 2. The Kier molecular flexibility index (Phi) is 6.13. The molecular formula is C24H24N4O2S. The fraction of sp³-hybridized carbons (Fsp3) is 0.208. The Balaban J connectivity index is 1.35. The van der Waals surface area contributed by atoms with Gasteiger partial charge in [0.15, 0.2) is 0 Å². The van der Waals surface area contributed by atoms with Crippen molar-refractivity contribution in [3.63, 3.8) is 0 Å². The highest BCUT2D eigenvalue weighted by molar-refractivity contribution is 7.12. The number of rotatable bonds is 7. The normalized spacial score (nSPS) is 10.8. The number of aryl methyl sites for hydroxylation is 3. The van der Waals surface area contributed by atoms with Crippen LogP contribution in [0.3, 0.4) is 0 Å². The third-order valence-electron chi connectivity index (χ3n) is 4.86. The zero-order chi connectivity index (χ0) is 21.8. The van der Waals surface area contributed by atoms with E-state index in [4.69, 9.17) is 4.74 Å². The van der Waals surface area contributed by atoms with E-state index in [0.29, 0.717) is 24.0 Å². The van der Waals surface area contributed by atoms with E-state index >= 15 is 0 Å². The van der Waals surface area contributed by atoms with Crippen LogP contribution < -0.4 is 10.1 Å². The third kappa shape index (κ3) is 5.19. The summed E-state index contributed by atoms with van der Waals surface area (Å²) in [6, 6.07) is 16.1. The average molecular weight is 433 g/mol. The van der Waals surface area contributed by atoms with Crippen LogP contribution in [0.4, 0.5) is 5.95 Å². The minimum Gasteiger partial charge on any atom is -0.488 e. The highest BCUT2D eigenvalue weighted by atomic mass is 32.1. The summed E-state index contributed by atoms with van der Waals surface area (Å²) in [6.45, 7) is 7.13. The second kappa shape index (κ2) is 9.14. The van der Waals surface area contributed by atoms with Crippen LogP contribution in [0.25, 0.3) is 0 Å². The average Bonchev–Trinajstić information content (AvgIpc) is 3.37. The number of carbonyl (C=O) groups is 1. The molecule has 0 aliphatic carbocycles. The number of anilines is 1. The summed E-state index contributed by atoms with van der Waals surface area (Å²) < 4.78 is 7.69. The number of nitrogens with one attached hydrogen (secondary N) is 1. The van der Waals surface area contributed by atoms with Crippen molar-refractivity contribution in [1.29, 1.82) is 0 Å². The highest BCUT2D eigenvalue weighted by Gasteiger charge is 2.13. The fourth-order valence-electron chi connectivity index (χ4n) is 3.34. The molecule has 0 atom stereocenters. The van der Waals surface area contributed by atoms with Crippen LogP contribution in [0.2, 0.25) is 0 Å². The summed E-state index contributed by atoms with van der Waals surface area (Å²) in [6.07, 6.45) is 1.62. The molecule has 0 aliphatic heterocycles. The lowest BCUT2D eigenvalue weighted by Gasteiger charge is -2.10. The van der Waals surface area contributed by atoms with Gasteiger partial charge in [-0.1, -0.05) is 48.0 Å². The highest BCUT2D eigenvalue weighted by Crippen LogP contribution is 2.24. The number of thiophene rings is 1. The summed E-state index contributed by atoms with van der Waals surface area (Å²) in [5.41, 5.74) is 5.48. The van der Waals surface area contributed by atoms with Crippen molar-refractivity contribution in [2.45, 2.75) is 33.9 Å². The van der Waals surface area contributed by atoms with Crippen molar-refractivity contribution < 1.29 is 9.53 Å². The molecule has 7 heteroatoms. The summed E-state index contributed by atoms with van der Waals surface area (Å²) in [4.78, 5) is 17.4. The van der Waals surface area contributed by atoms with Crippen molar-refractivity contribution in [2.24, 2.45) is 0 Å². The number of amides is 1. The minimum absolute atomic E-state index is 0.225. The monoisotopic (exact) mass is 432 g/mol. The number of carbonyl (C=O) groups excluding carboxylic acids is 1. The standard InChI is InChI=1S/C24H24N4O2S/c1-16-6-4-9-19(10-16)12-28-15-25-24(27-28)26-23(29)21-11-20(14-31-21)13-30-22-17(2)7-5-8-18(22)3/h4-11,14-15H,12-13H2,1-3H3,(H,26,27,29). The molecule has 0 unspecified atom stereocenters. The molecule has 4 aromatic rings. The second-order valence-corrected chi connectivity index (χ2v) is 8.45. The Morgan fingerprint density at radius 1 is 1.06 bits per heavy atom. The molecule has 4 rings (SSSR count). The predicted octanol–water partition coefficient (Wildman–Crippen LogP) is 5.14. The van der Waals surface area contributed by atoms with Gasteiger partial charge in [0, 0.05) is 5.56 Å². The number of ether oxygens (including phenoxy) is 1. The molecule has 158 valence electrons. The van der Waals surface area contributed by atoms with Gasteiger partial charge >= 0.3 is 0 Å². The Hall–Kier alpha value is -3.45. The second-order valence-electron chi connectivity index (χ2n) is 7.54. The van der Waals surface area contributed by atoms with Gasteiger partial charge in [-0.15, -0.1) is 16.4 Å². The van der Waals surface area contributed by atoms with E-state index < -0.39 is 0 Å². The molecule has 0 fully saturated rings. The van der Waals surface area contributed by atoms with E-state index in [9.17, 15) is 4.79 Å². The van der Waals surface area contributed by atoms with Gasteiger partial charge in [-0.05, 0) is 48.9 Å². The van der Waals surface area contributed by atoms with Gasteiger partial charge in [0.2, 0.25) is 5.95 Å². The zero-order valence-corrected chi connectivity index (χ0v) is 18.6. The molecule has 1 N–H and O–H groups in total. The van der Waals surface area contributed by atoms with Crippen molar-refractivity contribution in [3.05, 3.63) is 92.9 Å². The lowest BCUT2D eigenvalue weighted by Crippen LogP contribution is -2.12. The van der Waals surface area contributed by atoms with Crippen LogP contribution in [-0.4, -0.2) is 20.7 Å². The SMILES string of the molecule is Cc1cccc(Cn2cnc(NC(=O)c3cc(COc4c(C)cccc4C)cs3)n2)c1. The van der Waals surface area contributed by atoms with Crippen LogP contribution in [-0.2, 0) is 13.2 Å². The molecule has 0 radical (unpaired) electrons. The lowest BCUT2D eigenvalue weighted by molar-refractivity contribution is 0.102. The summed E-state index contributed by atoms with van der Waals surface area (Å²) in [7, 11) is 0. The largest absolute Gasteiger partial charge is 0.488 e. The minimum atomic E-state index is -0.225. The molecule has 1 amide bonds. The van der Waals surface area contributed by atoms with E-state index in [1.807, 2.05) is 55.6 Å². The van der Waals surface area contributed by atoms with Gasteiger partial charge in [0.05, 0.1) is 11.4 Å².